The van der Waals surface area contributed by atoms with Crippen molar-refractivity contribution < 1.29 is 19.8 Å². The molecule has 1 unspecified atom stereocenters. The van der Waals surface area contributed by atoms with Crippen molar-refractivity contribution in [3.63, 3.8) is 0 Å². The van der Waals surface area contributed by atoms with Crippen LogP contribution in [0.15, 0.2) is 6.20 Å². The first kappa shape index (κ1) is 14.4. The summed E-state index contributed by atoms with van der Waals surface area (Å²) in [6.45, 7) is 0.474. The van der Waals surface area contributed by atoms with Crippen molar-refractivity contribution in [1.82, 2.24) is 19.9 Å². The Morgan fingerprint density at radius 3 is 2.95 bits per heavy atom. The number of carboxylic acids is 1. The number of carboxylic acid groups (broad SMARTS) is 1. The molecule has 1 aliphatic rings. The predicted octanol–water partition coefficient (Wildman–Crippen LogP) is -0.260. The van der Waals surface area contributed by atoms with Gasteiger partial charge in [0, 0.05) is 19.2 Å². The lowest BCUT2D eigenvalue weighted by molar-refractivity contribution is -0.137. The molecule has 1 amide bonds. The van der Waals surface area contributed by atoms with Crippen LogP contribution in [0.1, 0.15) is 36.2 Å². The van der Waals surface area contributed by atoms with E-state index in [0.29, 0.717) is 13.0 Å². The zero-order valence-corrected chi connectivity index (χ0v) is 11.1. The van der Waals surface area contributed by atoms with Gasteiger partial charge in [0.05, 0.1) is 6.20 Å². The topological polar surface area (TPSA) is 109 Å². The van der Waals surface area contributed by atoms with E-state index in [4.69, 9.17) is 10.2 Å². The van der Waals surface area contributed by atoms with Gasteiger partial charge in [-0.2, -0.15) is 0 Å². The molecule has 0 aromatic carbocycles. The van der Waals surface area contributed by atoms with Crippen molar-refractivity contribution >= 4 is 11.9 Å². The van der Waals surface area contributed by atoms with Crippen molar-refractivity contribution in [3.8, 4) is 0 Å². The SMILES string of the molecule is O=C(O)Cn1cc(C(=O)N2CCCC2CCCO)nn1. The third kappa shape index (κ3) is 3.32. The van der Waals surface area contributed by atoms with Gasteiger partial charge in [-0.3, -0.25) is 9.59 Å². The third-order valence-corrected chi connectivity index (χ3v) is 3.39. The van der Waals surface area contributed by atoms with Gasteiger partial charge >= 0.3 is 5.97 Å². The second-order valence-corrected chi connectivity index (χ2v) is 4.86. The number of amides is 1. The fourth-order valence-corrected chi connectivity index (χ4v) is 2.49. The molecule has 0 saturated carbocycles. The van der Waals surface area contributed by atoms with Crippen LogP contribution in [0.3, 0.4) is 0 Å². The first-order valence-electron chi connectivity index (χ1n) is 6.65. The molecule has 20 heavy (non-hydrogen) atoms. The number of hydrogen-bond acceptors (Lipinski definition) is 5. The zero-order chi connectivity index (χ0) is 14.5. The predicted molar refractivity (Wildman–Crippen MR) is 68.0 cm³/mol. The summed E-state index contributed by atoms with van der Waals surface area (Å²) in [4.78, 5) is 24.6. The summed E-state index contributed by atoms with van der Waals surface area (Å²) in [5, 5.41) is 24.9. The Labute approximate surface area is 116 Å². The highest BCUT2D eigenvalue weighted by molar-refractivity contribution is 5.92. The first-order valence-corrected chi connectivity index (χ1v) is 6.65. The molecule has 110 valence electrons. The lowest BCUT2D eigenvalue weighted by Gasteiger charge is -2.23. The van der Waals surface area contributed by atoms with Crippen LogP contribution in [0.4, 0.5) is 0 Å². The fraction of sp³-hybridized carbons (Fsp3) is 0.667. The van der Waals surface area contributed by atoms with E-state index >= 15 is 0 Å². The van der Waals surface area contributed by atoms with Crippen LogP contribution in [-0.2, 0) is 11.3 Å². The minimum atomic E-state index is -1.03. The first-order chi connectivity index (χ1) is 9.61. The summed E-state index contributed by atoms with van der Waals surface area (Å²) < 4.78 is 1.13. The number of rotatable bonds is 6. The monoisotopic (exact) mass is 282 g/mol. The average Bonchev–Trinajstić information content (AvgIpc) is 3.03. The lowest BCUT2D eigenvalue weighted by atomic mass is 10.1. The Balaban J connectivity index is 2.02. The summed E-state index contributed by atoms with van der Waals surface area (Å²) in [6.07, 6.45) is 4.66. The van der Waals surface area contributed by atoms with Gasteiger partial charge < -0.3 is 15.1 Å². The molecule has 2 rings (SSSR count). The zero-order valence-electron chi connectivity index (χ0n) is 11.1. The van der Waals surface area contributed by atoms with Crippen LogP contribution in [0, 0.1) is 0 Å². The summed E-state index contributed by atoms with van der Waals surface area (Å²) in [7, 11) is 0. The Hall–Kier alpha value is -1.96. The van der Waals surface area contributed by atoms with Crippen molar-refractivity contribution in [3.05, 3.63) is 11.9 Å². The summed E-state index contributed by atoms with van der Waals surface area (Å²) in [5.41, 5.74) is 0.169. The highest BCUT2D eigenvalue weighted by atomic mass is 16.4. The van der Waals surface area contributed by atoms with Crippen LogP contribution < -0.4 is 0 Å². The van der Waals surface area contributed by atoms with E-state index in [0.717, 1.165) is 23.9 Å². The molecule has 1 aliphatic heterocycles. The van der Waals surface area contributed by atoms with E-state index in [1.54, 1.807) is 4.90 Å². The minimum absolute atomic E-state index is 0.118. The second kappa shape index (κ2) is 6.47. The van der Waals surface area contributed by atoms with Gasteiger partial charge in [0.1, 0.15) is 6.54 Å². The quantitative estimate of drug-likeness (QED) is 0.744. The Bertz CT molecular complexity index is 488. The van der Waals surface area contributed by atoms with E-state index < -0.39 is 5.97 Å². The molecule has 0 aliphatic carbocycles. The molecule has 2 heterocycles. The third-order valence-electron chi connectivity index (χ3n) is 3.39. The summed E-state index contributed by atoms with van der Waals surface area (Å²) in [6, 6.07) is 0.124. The highest BCUT2D eigenvalue weighted by Crippen LogP contribution is 2.22. The normalized spacial score (nSPS) is 18.4. The number of nitrogens with zero attached hydrogens (tertiary/aromatic N) is 4. The maximum atomic E-state index is 12.3. The molecule has 0 spiro atoms. The molecular formula is C12H18N4O4. The second-order valence-electron chi connectivity index (χ2n) is 4.86. The van der Waals surface area contributed by atoms with Crippen molar-refractivity contribution in [2.75, 3.05) is 13.2 Å². The molecule has 1 atom stereocenters. The van der Waals surface area contributed by atoms with Crippen molar-refractivity contribution in [2.45, 2.75) is 38.3 Å². The number of aliphatic carboxylic acids is 1. The molecule has 1 fully saturated rings. The Kier molecular flexibility index (Phi) is 4.67. The van der Waals surface area contributed by atoms with Crippen LogP contribution in [-0.4, -0.2) is 61.2 Å². The fourth-order valence-electron chi connectivity index (χ4n) is 2.49. The van der Waals surface area contributed by atoms with Crippen LogP contribution in [0.25, 0.3) is 0 Å². The Morgan fingerprint density at radius 2 is 2.25 bits per heavy atom. The van der Waals surface area contributed by atoms with E-state index in [1.165, 1.54) is 6.20 Å². The van der Waals surface area contributed by atoms with Gasteiger partial charge in [0.25, 0.3) is 5.91 Å². The van der Waals surface area contributed by atoms with Crippen LogP contribution in [0.5, 0.6) is 0 Å². The van der Waals surface area contributed by atoms with E-state index in [2.05, 4.69) is 10.3 Å². The van der Waals surface area contributed by atoms with Gasteiger partial charge in [-0.15, -0.1) is 5.10 Å². The molecule has 0 radical (unpaired) electrons. The summed E-state index contributed by atoms with van der Waals surface area (Å²) in [5.74, 6) is -1.25. The molecule has 8 nitrogen and oxygen atoms in total. The minimum Gasteiger partial charge on any atom is -0.480 e. The van der Waals surface area contributed by atoms with Gasteiger partial charge in [-0.25, -0.2) is 4.68 Å². The average molecular weight is 282 g/mol. The molecule has 8 heteroatoms. The van der Waals surface area contributed by atoms with Gasteiger partial charge in [0.15, 0.2) is 5.69 Å². The number of aromatic nitrogens is 3. The van der Waals surface area contributed by atoms with Crippen molar-refractivity contribution in [2.24, 2.45) is 0 Å². The number of aliphatic hydroxyl groups is 1. The summed E-state index contributed by atoms with van der Waals surface area (Å²) >= 11 is 0. The molecular weight excluding hydrogens is 264 g/mol. The number of aliphatic hydroxyl groups excluding tert-OH is 1. The highest BCUT2D eigenvalue weighted by Gasteiger charge is 2.30. The standard InChI is InChI=1S/C12H18N4O4/c17-6-2-4-9-3-1-5-16(9)12(20)10-7-15(14-13-10)8-11(18)19/h7,9,17H,1-6,8H2,(H,18,19). The van der Waals surface area contributed by atoms with Gasteiger partial charge in [-0.1, -0.05) is 5.21 Å². The molecule has 1 saturated heterocycles. The van der Waals surface area contributed by atoms with Gasteiger partial charge in [-0.05, 0) is 25.7 Å². The number of hydrogen-bond donors (Lipinski definition) is 2. The Morgan fingerprint density at radius 1 is 1.45 bits per heavy atom. The van der Waals surface area contributed by atoms with E-state index in [1.807, 2.05) is 0 Å². The van der Waals surface area contributed by atoms with Crippen molar-refractivity contribution in [1.29, 1.82) is 0 Å². The van der Waals surface area contributed by atoms with Crippen LogP contribution >= 0.6 is 0 Å². The number of carbonyl (C=O) groups is 2. The molecule has 1 aromatic rings. The lowest BCUT2D eigenvalue weighted by Crippen LogP contribution is -2.35. The van der Waals surface area contributed by atoms with Gasteiger partial charge in [0.2, 0.25) is 0 Å². The maximum Gasteiger partial charge on any atom is 0.325 e. The molecule has 0 bridgehead atoms. The molecule has 1 aromatic heterocycles. The number of carbonyl (C=O) groups excluding carboxylic acids is 1. The van der Waals surface area contributed by atoms with E-state index in [-0.39, 0.29) is 30.8 Å². The van der Waals surface area contributed by atoms with E-state index in [9.17, 15) is 9.59 Å². The molecule has 2 N–H and O–H groups in total. The van der Waals surface area contributed by atoms with Crippen LogP contribution in [0.2, 0.25) is 0 Å². The smallest absolute Gasteiger partial charge is 0.325 e. The largest absolute Gasteiger partial charge is 0.480 e. The number of likely N-dealkylation sites (tertiary alicyclic amines) is 1. The maximum absolute atomic E-state index is 12.3.